The van der Waals surface area contributed by atoms with Gasteiger partial charge >= 0.3 is 5.97 Å². The Hall–Kier alpha value is -1.51. The van der Waals surface area contributed by atoms with Crippen molar-refractivity contribution in [3.05, 3.63) is 23.9 Å². The number of rotatable bonds is 7. The van der Waals surface area contributed by atoms with Crippen LogP contribution in [0.4, 0.5) is 0 Å². The first kappa shape index (κ1) is 17.5. The molecule has 1 aromatic rings. The van der Waals surface area contributed by atoms with Gasteiger partial charge in [0.1, 0.15) is 0 Å². The average Bonchev–Trinajstić information content (AvgIpc) is 2.35. The Labute approximate surface area is 125 Å². The molecule has 2 N–H and O–H groups in total. The number of aromatic carboxylic acids is 1. The van der Waals surface area contributed by atoms with Gasteiger partial charge in [-0.1, -0.05) is 13.8 Å². The lowest BCUT2D eigenvalue weighted by atomic mass is 9.93. The average molecular weight is 315 g/mol. The fourth-order valence-electron chi connectivity index (χ4n) is 1.94. The number of hydrogen-bond acceptors (Lipinski definition) is 5. The lowest BCUT2D eigenvalue weighted by molar-refractivity contribution is 0.0696. The van der Waals surface area contributed by atoms with Gasteiger partial charge < -0.3 is 10.0 Å². The van der Waals surface area contributed by atoms with Crippen LogP contribution in [0.3, 0.4) is 0 Å². The zero-order chi connectivity index (χ0) is 16.3. The van der Waals surface area contributed by atoms with Crippen molar-refractivity contribution in [2.45, 2.75) is 18.9 Å². The van der Waals surface area contributed by atoms with Crippen LogP contribution in [-0.2, 0) is 10.0 Å². The van der Waals surface area contributed by atoms with Crippen LogP contribution in [0.1, 0.15) is 24.2 Å². The summed E-state index contributed by atoms with van der Waals surface area (Å²) in [6.45, 7) is 4.89. The van der Waals surface area contributed by atoms with Gasteiger partial charge in [-0.15, -0.1) is 0 Å². The zero-order valence-corrected chi connectivity index (χ0v) is 13.4. The minimum Gasteiger partial charge on any atom is -0.478 e. The summed E-state index contributed by atoms with van der Waals surface area (Å²) in [7, 11) is 0.0939. The van der Waals surface area contributed by atoms with Crippen LogP contribution in [0.5, 0.6) is 0 Å². The summed E-state index contributed by atoms with van der Waals surface area (Å²) >= 11 is 0. The quantitative estimate of drug-likeness (QED) is 0.766. The van der Waals surface area contributed by atoms with Crippen LogP contribution in [-0.4, -0.2) is 56.6 Å². The first-order valence-corrected chi connectivity index (χ1v) is 7.85. The van der Waals surface area contributed by atoms with Crippen molar-refractivity contribution in [2.24, 2.45) is 5.41 Å². The standard InChI is InChI=1S/C13H21N3O4S/c1-13(2,9-16(3)4)8-15-21(19,20)11-6-5-10(7-14-11)12(17)18/h5-7,15H,8-9H2,1-4H3,(H,17,18). The fourth-order valence-corrected chi connectivity index (χ4v) is 3.11. The molecular formula is C13H21N3O4S. The minimum absolute atomic E-state index is 0.0538. The monoisotopic (exact) mass is 315 g/mol. The predicted molar refractivity (Wildman–Crippen MR) is 78.7 cm³/mol. The van der Waals surface area contributed by atoms with Gasteiger partial charge in [0.2, 0.25) is 0 Å². The van der Waals surface area contributed by atoms with Crippen LogP contribution >= 0.6 is 0 Å². The first-order valence-electron chi connectivity index (χ1n) is 6.37. The number of pyridine rings is 1. The number of nitrogens with zero attached hydrogens (tertiary/aromatic N) is 2. The molecule has 1 aromatic heterocycles. The molecule has 7 nitrogen and oxygen atoms in total. The van der Waals surface area contributed by atoms with E-state index in [-0.39, 0.29) is 22.5 Å². The van der Waals surface area contributed by atoms with Crippen molar-refractivity contribution in [3.8, 4) is 0 Å². The predicted octanol–water partition coefficient (Wildman–Crippen LogP) is 0.646. The molecule has 0 aromatic carbocycles. The molecule has 0 radical (unpaired) electrons. The van der Waals surface area contributed by atoms with Gasteiger partial charge in [-0.25, -0.2) is 22.9 Å². The fraction of sp³-hybridized carbons (Fsp3) is 0.538. The molecule has 0 atom stereocenters. The molecule has 8 heteroatoms. The third kappa shape index (κ3) is 5.41. The molecule has 0 saturated carbocycles. The van der Waals surface area contributed by atoms with Crippen LogP contribution in [0.25, 0.3) is 0 Å². The number of carboxylic acid groups (broad SMARTS) is 1. The van der Waals surface area contributed by atoms with Gasteiger partial charge in [-0.2, -0.15) is 0 Å². The molecule has 21 heavy (non-hydrogen) atoms. The topological polar surface area (TPSA) is 99.6 Å². The van der Waals surface area contributed by atoms with E-state index in [1.807, 2.05) is 32.8 Å². The molecule has 0 saturated heterocycles. The maximum absolute atomic E-state index is 12.1. The third-order valence-electron chi connectivity index (χ3n) is 2.74. The molecule has 118 valence electrons. The molecule has 0 spiro atoms. The molecule has 0 fully saturated rings. The Balaban J connectivity index is 2.80. The Morgan fingerprint density at radius 3 is 2.43 bits per heavy atom. The first-order chi connectivity index (χ1) is 9.53. The van der Waals surface area contributed by atoms with Gasteiger partial charge in [0.15, 0.2) is 5.03 Å². The van der Waals surface area contributed by atoms with E-state index in [9.17, 15) is 13.2 Å². The third-order valence-corrected chi connectivity index (χ3v) is 4.06. The Kier molecular flexibility index (Phi) is 5.43. The molecule has 1 heterocycles. The van der Waals surface area contributed by atoms with Gasteiger partial charge in [0, 0.05) is 19.3 Å². The van der Waals surface area contributed by atoms with Crippen LogP contribution in [0.2, 0.25) is 0 Å². The molecule has 0 aliphatic heterocycles. The lowest BCUT2D eigenvalue weighted by Crippen LogP contribution is -2.40. The van der Waals surface area contributed by atoms with E-state index in [4.69, 9.17) is 5.11 Å². The molecule has 0 unspecified atom stereocenters. The minimum atomic E-state index is -3.74. The molecule has 0 aliphatic rings. The second kappa shape index (κ2) is 6.50. The highest BCUT2D eigenvalue weighted by Gasteiger charge is 2.23. The van der Waals surface area contributed by atoms with E-state index in [1.165, 1.54) is 12.1 Å². The Morgan fingerprint density at radius 1 is 1.38 bits per heavy atom. The summed E-state index contributed by atoms with van der Waals surface area (Å²) in [6, 6.07) is 2.40. The molecular weight excluding hydrogens is 294 g/mol. The summed E-state index contributed by atoms with van der Waals surface area (Å²) in [6.07, 6.45) is 1.03. The van der Waals surface area contributed by atoms with E-state index in [0.29, 0.717) is 0 Å². The van der Waals surface area contributed by atoms with Crippen LogP contribution in [0.15, 0.2) is 23.4 Å². The normalized spacial score (nSPS) is 12.6. The molecule has 0 bridgehead atoms. The van der Waals surface area contributed by atoms with Crippen molar-refractivity contribution in [3.63, 3.8) is 0 Å². The highest BCUT2D eigenvalue weighted by molar-refractivity contribution is 7.89. The van der Waals surface area contributed by atoms with Gasteiger partial charge in [-0.05, 0) is 31.6 Å². The summed E-state index contributed by atoms with van der Waals surface area (Å²) in [5, 5.41) is 8.58. The Bertz CT molecular complexity index is 594. The van der Waals surface area contributed by atoms with Gasteiger partial charge in [-0.3, -0.25) is 0 Å². The second-order valence-corrected chi connectivity index (χ2v) is 7.63. The van der Waals surface area contributed by atoms with Crippen molar-refractivity contribution in [1.82, 2.24) is 14.6 Å². The number of carbonyl (C=O) groups is 1. The number of aromatic nitrogens is 1. The summed E-state index contributed by atoms with van der Waals surface area (Å²) in [5.74, 6) is -1.15. The SMILES string of the molecule is CN(C)CC(C)(C)CNS(=O)(=O)c1ccc(C(=O)O)cn1. The second-order valence-electron chi connectivity index (χ2n) is 5.92. The van der Waals surface area contributed by atoms with Gasteiger partial charge in [0.05, 0.1) is 5.56 Å². The molecule has 0 amide bonds. The van der Waals surface area contributed by atoms with Gasteiger partial charge in [0.25, 0.3) is 10.0 Å². The zero-order valence-electron chi connectivity index (χ0n) is 12.6. The van der Waals surface area contributed by atoms with Crippen molar-refractivity contribution in [1.29, 1.82) is 0 Å². The maximum atomic E-state index is 12.1. The summed E-state index contributed by atoms with van der Waals surface area (Å²) < 4.78 is 26.7. The van der Waals surface area contributed by atoms with E-state index in [2.05, 4.69) is 9.71 Å². The van der Waals surface area contributed by atoms with Crippen molar-refractivity contribution in [2.75, 3.05) is 27.2 Å². The van der Waals surface area contributed by atoms with E-state index in [1.54, 1.807) is 0 Å². The highest BCUT2D eigenvalue weighted by atomic mass is 32.2. The number of carboxylic acids is 1. The van der Waals surface area contributed by atoms with Crippen molar-refractivity contribution >= 4 is 16.0 Å². The number of sulfonamides is 1. The maximum Gasteiger partial charge on any atom is 0.337 e. The number of nitrogens with one attached hydrogen (secondary N) is 1. The Morgan fingerprint density at radius 2 is 2.00 bits per heavy atom. The van der Waals surface area contributed by atoms with E-state index >= 15 is 0 Å². The lowest BCUT2D eigenvalue weighted by Gasteiger charge is -2.28. The summed E-state index contributed by atoms with van der Waals surface area (Å²) in [5.41, 5.74) is -0.292. The van der Waals surface area contributed by atoms with E-state index < -0.39 is 16.0 Å². The van der Waals surface area contributed by atoms with E-state index in [0.717, 1.165) is 12.7 Å². The molecule has 0 aliphatic carbocycles. The van der Waals surface area contributed by atoms with Crippen molar-refractivity contribution < 1.29 is 18.3 Å². The summed E-state index contributed by atoms with van der Waals surface area (Å²) in [4.78, 5) is 16.4. The van der Waals surface area contributed by atoms with Crippen LogP contribution in [0, 0.1) is 5.41 Å². The van der Waals surface area contributed by atoms with Crippen LogP contribution < -0.4 is 4.72 Å². The molecule has 1 rings (SSSR count). The highest BCUT2D eigenvalue weighted by Crippen LogP contribution is 2.16. The number of hydrogen-bond donors (Lipinski definition) is 2. The smallest absolute Gasteiger partial charge is 0.337 e. The largest absolute Gasteiger partial charge is 0.478 e.